The molecule has 1 aromatic carbocycles. The Morgan fingerprint density at radius 3 is 2.90 bits per heavy atom. The van der Waals surface area contributed by atoms with Gasteiger partial charge >= 0.3 is 0 Å². The molecule has 0 aromatic heterocycles. The van der Waals surface area contributed by atoms with Gasteiger partial charge in [-0.25, -0.2) is 0 Å². The number of hydrogen-bond acceptors (Lipinski definition) is 3. The molecule has 2 aliphatic rings. The second-order valence-electron chi connectivity index (χ2n) is 5.78. The van der Waals surface area contributed by atoms with E-state index in [1.807, 2.05) is 11.8 Å². The number of likely N-dealkylation sites (tertiary alicyclic amines) is 1. The van der Waals surface area contributed by atoms with Crippen molar-refractivity contribution in [3.8, 4) is 0 Å². The molecule has 2 aliphatic heterocycles. The predicted octanol–water partition coefficient (Wildman–Crippen LogP) is 2.13. The lowest BCUT2D eigenvalue weighted by Gasteiger charge is -2.27. The monoisotopic (exact) mass is 290 g/mol. The van der Waals surface area contributed by atoms with Crippen LogP contribution in [-0.4, -0.2) is 41.1 Å². The Hall–Kier alpha value is -1.000. The summed E-state index contributed by atoms with van der Waals surface area (Å²) in [5, 5.41) is 3.29. The van der Waals surface area contributed by atoms with Crippen molar-refractivity contribution in [1.82, 2.24) is 10.2 Å². The Morgan fingerprint density at radius 1 is 1.40 bits per heavy atom. The molecule has 0 spiro atoms. The molecule has 0 bridgehead atoms. The van der Waals surface area contributed by atoms with Gasteiger partial charge in [-0.1, -0.05) is 30.3 Å². The summed E-state index contributed by atoms with van der Waals surface area (Å²) >= 11 is 1.82. The third-order valence-corrected chi connectivity index (χ3v) is 5.49. The van der Waals surface area contributed by atoms with Crippen LogP contribution in [0.3, 0.4) is 0 Å². The van der Waals surface area contributed by atoms with Crippen LogP contribution in [0.4, 0.5) is 0 Å². The molecule has 1 amide bonds. The molecule has 3 atom stereocenters. The van der Waals surface area contributed by atoms with E-state index in [-0.39, 0.29) is 6.04 Å². The van der Waals surface area contributed by atoms with Gasteiger partial charge in [-0.15, -0.1) is 11.8 Å². The van der Waals surface area contributed by atoms with Crippen LogP contribution in [0.1, 0.15) is 18.9 Å². The first-order valence-corrected chi connectivity index (χ1v) is 8.56. The van der Waals surface area contributed by atoms with E-state index in [0.29, 0.717) is 17.9 Å². The second kappa shape index (κ2) is 6.19. The van der Waals surface area contributed by atoms with Gasteiger partial charge in [0.05, 0.1) is 6.04 Å². The fourth-order valence-electron chi connectivity index (χ4n) is 3.26. The summed E-state index contributed by atoms with van der Waals surface area (Å²) in [5.41, 5.74) is 1.38. The number of thioether (sulfide) groups is 1. The minimum Gasteiger partial charge on any atom is -0.338 e. The Labute approximate surface area is 125 Å². The van der Waals surface area contributed by atoms with Gasteiger partial charge in [-0.2, -0.15) is 0 Å². The molecule has 3 nitrogen and oxygen atoms in total. The van der Waals surface area contributed by atoms with Gasteiger partial charge < -0.3 is 4.90 Å². The molecule has 0 aliphatic carbocycles. The van der Waals surface area contributed by atoms with Crippen LogP contribution in [0.5, 0.6) is 0 Å². The van der Waals surface area contributed by atoms with Crippen LogP contribution in [0, 0.1) is 5.92 Å². The molecule has 2 saturated heterocycles. The van der Waals surface area contributed by atoms with Crippen molar-refractivity contribution in [2.24, 2.45) is 5.92 Å². The highest BCUT2D eigenvalue weighted by Gasteiger charge is 2.37. The van der Waals surface area contributed by atoms with Gasteiger partial charge in [0, 0.05) is 24.2 Å². The topological polar surface area (TPSA) is 32.3 Å². The van der Waals surface area contributed by atoms with Crippen molar-refractivity contribution >= 4 is 17.7 Å². The van der Waals surface area contributed by atoms with Crippen molar-refractivity contribution in [2.45, 2.75) is 31.8 Å². The average molecular weight is 290 g/mol. The number of nitrogens with one attached hydrogen (secondary N) is 1. The first-order chi connectivity index (χ1) is 9.75. The first-order valence-electron chi connectivity index (χ1n) is 7.41. The van der Waals surface area contributed by atoms with E-state index in [1.165, 1.54) is 5.56 Å². The third-order valence-electron chi connectivity index (χ3n) is 4.55. The van der Waals surface area contributed by atoms with Crippen molar-refractivity contribution < 1.29 is 4.79 Å². The lowest BCUT2D eigenvalue weighted by Crippen LogP contribution is -2.47. The molecule has 0 saturated carbocycles. The van der Waals surface area contributed by atoms with Crippen LogP contribution in [-0.2, 0) is 11.2 Å². The quantitative estimate of drug-likeness (QED) is 0.925. The zero-order valence-electron chi connectivity index (χ0n) is 11.9. The molecule has 0 unspecified atom stereocenters. The van der Waals surface area contributed by atoms with Crippen LogP contribution >= 0.6 is 11.8 Å². The third kappa shape index (κ3) is 2.86. The van der Waals surface area contributed by atoms with Crippen molar-refractivity contribution in [2.75, 3.05) is 18.2 Å². The molecule has 2 heterocycles. The second-order valence-corrected chi connectivity index (χ2v) is 6.81. The van der Waals surface area contributed by atoms with Crippen LogP contribution in [0.2, 0.25) is 0 Å². The van der Waals surface area contributed by atoms with Gasteiger partial charge in [0.2, 0.25) is 5.91 Å². The summed E-state index contributed by atoms with van der Waals surface area (Å²) in [6.07, 6.45) is 2.21. The van der Waals surface area contributed by atoms with E-state index in [4.69, 9.17) is 0 Å². The maximum Gasteiger partial charge on any atom is 0.240 e. The summed E-state index contributed by atoms with van der Waals surface area (Å²) in [4.78, 5) is 14.6. The SMILES string of the molecule is C[C@@H]1[C@H](Cc2ccccc2)CCN1C(=O)[C@H]1CSCN1. The standard InChI is InChI=1S/C16H22N2OS/c1-12-14(9-13-5-3-2-4-6-13)7-8-18(12)16(19)15-10-20-11-17-15/h2-6,12,14-15,17H,7-11H2,1H3/t12-,14+,15-/m1/s1. The zero-order valence-corrected chi connectivity index (χ0v) is 12.7. The Balaban J connectivity index is 1.61. The lowest BCUT2D eigenvalue weighted by atomic mass is 9.93. The molecule has 2 fully saturated rings. The normalized spacial score (nSPS) is 29.9. The zero-order chi connectivity index (χ0) is 13.9. The van der Waals surface area contributed by atoms with Crippen LogP contribution in [0.15, 0.2) is 30.3 Å². The minimum absolute atomic E-state index is 0.0397. The van der Waals surface area contributed by atoms with Gasteiger partial charge in [0.15, 0.2) is 0 Å². The highest BCUT2D eigenvalue weighted by atomic mass is 32.2. The van der Waals surface area contributed by atoms with Crippen molar-refractivity contribution in [3.05, 3.63) is 35.9 Å². The number of amides is 1. The van der Waals surface area contributed by atoms with Gasteiger partial charge in [0.1, 0.15) is 0 Å². The van der Waals surface area contributed by atoms with E-state index in [1.54, 1.807) is 0 Å². The molecular weight excluding hydrogens is 268 g/mol. The minimum atomic E-state index is 0.0397. The molecule has 0 radical (unpaired) electrons. The van der Waals surface area contributed by atoms with E-state index < -0.39 is 0 Å². The van der Waals surface area contributed by atoms with Crippen LogP contribution in [0.25, 0.3) is 0 Å². The summed E-state index contributed by atoms with van der Waals surface area (Å²) in [6, 6.07) is 11.0. The Morgan fingerprint density at radius 2 is 2.20 bits per heavy atom. The van der Waals surface area contributed by atoms with E-state index in [9.17, 15) is 4.79 Å². The summed E-state index contributed by atoms with van der Waals surface area (Å²) in [5.74, 6) is 2.73. The lowest BCUT2D eigenvalue weighted by molar-refractivity contribution is -0.133. The largest absolute Gasteiger partial charge is 0.338 e. The maximum atomic E-state index is 12.5. The smallest absolute Gasteiger partial charge is 0.240 e. The molecule has 108 valence electrons. The van der Waals surface area contributed by atoms with E-state index in [2.05, 4.69) is 47.5 Å². The molecule has 20 heavy (non-hydrogen) atoms. The number of nitrogens with zero attached hydrogens (tertiary/aromatic N) is 1. The fraction of sp³-hybridized carbons (Fsp3) is 0.562. The maximum absolute atomic E-state index is 12.5. The molecule has 1 N–H and O–H groups in total. The average Bonchev–Trinajstić information content (AvgIpc) is 3.11. The van der Waals surface area contributed by atoms with Crippen LogP contribution < -0.4 is 5.32 Å². The number of carbonyl (C=O) groups excluding carboxylic acids is 1. The van der Waals surface area contributed by atoms with Crippen molar-refractivity contribution in [1.29, 1.82) is 0 Å². The summed E-state index contributed by atoms with van der Waals surface area (Å²) in [7, 11) is 0. The summed E-state index contributed by atoms with van der Waals surface area (Å²) < 4.78 is 0. The highest BCUT2D eigenvalue weighted by Crippen LogP contribution is 2.28. The molecule has 1 aromatic rings. The van der Waals surface area contributed by atoms with Crippen molar-refractivity contribution in [3.63, 3.8) is 0 Å². The van der Waals surface area contributed by atoms with Gasteiger partial charge in [-0.3, -0.25) is 10.1 Å². The molecule has 3 rings (SSSR count). The first kappa shape index (κ1) is 14.0. The number of carbonyl (C=O) groups is 1. The van der Waals surface area contributed by atoms with E-state index in [0.717, 1.165) is 31.0 Å². The highest BCUT2D eigenvalue weighted by molar-refractivity contribution is 7.99. The predicted molar refractivity (Wildman–Crippen MR) is 83.7 cm³/mol. The van der Waals surface area contributed by atoms with Gasteiger partial charge in [0.25, 0.3) is 0 Å². The number of rotatable bonds is 3. The number of hydrogen-bond donors (Lipinski definition) is 1. The molecule has 4 heteroatoms. The number of benzene rings is 1. The fourth-order valence-corrected chi connectivity index (χ4v) is 4.19. The van der Waals surface area contributed by atoms with E-state index >= 15 is 0 Å². The Kier molecular flexibility index (Phi) is 4.32. The molecular formula is C16H22N2OS. The van der Waals surface area contributed by atoms with Gasteiger partial charge in [-0.05, 0) is 31.2 Å². The summed E-state index contributed by atoms with van der Waals surface area (Å²) in [6.45, 7) is 3.13. The Bertz CT molecular complexity index is 459.